The molecule has 2 aromatic rings. The fraction of sp³-hybridized carbons (Fsp3) is 0.536. The molecule has 0 fully saturated rings. The molecule has 35 heavy (non-hydrogen) atoms. The van der Waals surface area contributed by atoms with Crippen molar-refractivity contribution in [2.24, 2.45) is 0 Å². The van der Waals surface area contributed by atoms with Crippen LogP contribution in [0.5, 0.6) is 11.5 Å². The summed E-state index contributed by atoms with van der Waals surface area (Å²) in [6.45, 7) is 6.41. The average molecular weight is 502 g/mol. The standard InChI is InChI=1S/C28H40ClN3O3/c1-2-14-32(24-9-8-22-19-28(35)26(31-20-33)18-23(22)17-24)15-6-4-3-5-12-30-13-11-21-7-10-27(34)25(29)16-21/h7,10,16,18-20,24,30,34-35H,2-6,8-9,11-15,17H2,1H3,(H,31,33)/t24-/m1/s1. The first-order valence-corrected chi connectivity index (χ1v) is 13.4. The first-order valence-electron chi connectivity index (χ1n) is 13.0. The molecule has 0 heterocycles. The number of carbonyl (C=O) groups excluding carboxylic acids is 1. The lowest BCUT2D eigenvalue weighted by Crippen LogP contribution is -2.40. The summed E-state index contributed by atoms with van der Waals surface area (Å²) in [5, 5.41) is 26.1. The smallest absolute Gasteiger partial charge is 0.211 e. The summed E-state index contributed by atoms with van der Waals surface area (Å²) in [5.74, 6) is 0.287. The van der Waals surface area contributed by atoms with E-state index in [4.69, 9.17) is 11.6 Å². The van der Waals surface area contributed by atoms with Crippen molar-refractivity contribution < 1.29 is 15.0 Å². The molecule has 192 valence electrons. The third-order valence-electron chi connectivity index (χ3n) is 6.91. The Kier molecular flexibility index (Phi) is 11.2. The van der Waals surface area contributed by atoms with E-state index in [9.17, 15) is 15.0 Å². The highest BCUT2D eigenvalue weighted by Gasteiger charge is 2.24. The fourth-order valence-corrected chi connectivity index (χ4v) is 5.22. The van der Waals surface area contributed by atoms with Gasteiger partial charge in [-0.05, 0) is 112 Å². The Balaban J connectivity index is 1.34. The summed E-state index contributed by atoms with van der Waals surface area (Å²) in [6, 6.07) is 9.68. The molecule has 1 aliphatic carbocycles. The molecule has 2 aromatic carbocycles. The molecule has 0 unspecified atom stereocenters. The molecular weight excluding hydrogens is 462 g/mol. The number of amides is 1. The molecule has 0 bridgehead atoms. The number of phenolic OH excluding ortho intramolecular Hbond substituents is 2. The molecule has 0 radical (unpaired) electrons. The molecule has 1 amide bonds. The molecule has 0 spiro atoms. The number of hydrogen-bond donors (Lipinski definition) is 4. The SMILES string of the molecule is CCCN(CCCCCCNCCc1ccc(O)c(Cl)c1)[C@@H]1CCc2cc(O)c(NC=O)cc2C1. The summed E-state index contributed by atoms with van der Waals surface area (Å²) in [4.78, 5) is 13.5. The predicted molar refractivity (Wildman–Crippen MR) is 144 cm³/mol. The van der Waals surface area contributed by atoms with Crippen LogP contribution >= 0.6 is 11.6 Å². The Bertz CT molecular complexity index is 953. The van der Waals surface area contributed by atoms with Crippen LogP contribution in [0.15, 0.2) is 30.3 Å². The number of unbranched alkanes of at least 4 members (excludes halogenated alkanes) is 3. The average Bonchev–Trinajstić information content (AvgIpc) is 2.85. The number of rotatable bonds is 15. The van der Waals surface area contributed by atoms with Crippen LogP contribution in [0.3, 0.4) is 0 Å². The second-order valence-electron chi connectivity index (χ2n) is 9.53. The lowest BCUT2D eigenvalue weighted by molar-refractivity contribution is -0.105. The van der Waals surface area contributed by atoms with Crippen LogP contribution in [0.1, 0.15) is 62.1 Å². The Morgan fingerprint density at radius 2 is 1.86 bits per heavy atom. The topological polar surface area (TPSA) is 84.8 Å². The quantitative estimate of drug-likeness (QED) is 0.151. The fourth-order valence-electron chi connectivity index (χ4n) is 5.01. The lowest BCUT2D eigenvalue weighted by atomic mass is 9.86. The van der Waals surface area contributed by atoms with Gasteiger partial charge < -0.3 is 25.7 Å². The number of aromatic hydroxyl groups is 2. The third-order valence-corrected chi connectivity index (χ3v) is 7.22. The highest BCUT2D eigenvalue weighted by Crippen LogP contribution is 2.33. The van der Waals surface area contributed by atoms with Gasteiger partial charge in [0.1, 0.15) is 11.5 Å². The summed E-state index contributed by atoms with van der Waals surface area (Å²) >= 11 is 5.97. The van der Waals surface area contributed by atoms with Gasteiger partial charge in [0.25, 0.3) is 0 Å². The van der Waals surface area contributed by atoms with Gasteiger partial charge in [-0.15, -0.1) is 0 Å². The molecule has 0 saturated heterocycles. The minimum Gasteiger partial charge on any atom is -0.506 e. The number of hydrogen-bond acceptors (Lipinski definition) is 5. The van der Waals surface area contributed by atoms with Gasteiger partial charge in [0.05, 0.1) is 10.7 Å². The molecule has 7 heteroatoms. The third kappa shape index (κ3) is 8.41. The number of nitrogens with zero attached hydrogens (tertiary/aromatic N) is 1. The number of phenols is 2. The van der Waals surface area contributed by atoms with Crippen LogP contribution in [0, 0.1) is 0 Å². The molecule has 0 saturated carbocycles. The van der Waals surface area contributed by atoms with Crippen molar-refractivity contribution in [1.82, 2.24) is 10.2 Å². The van der Waals surface area contributed by atoms with E-state index in [1.807, 2.05) is 24.3 Å². The molecule has 0 aliphatic heterocycles. The van der Waals surface area contributed by atoms with E-state index < -0.39 is 0 Å². The predicted octanol–water partition coefficient (Wildman–Crippen LogP) is 5.28. The maximum Gasteiger partial charge on any atom is 0.211 e. The van der Waals surface area contributed by atoms with Gasteiger partial charge in [-0.2, -0.15) is 0 Å². The molecule has 1 atom stereocenters. The molecule has 0 aromatic heterocycles. The lowest BCUT2D eigenvalue weighted by Gasteiger charge is -2.35. The Hall–Kier alpha value is -2.28. The molecule has 1 aliphatic rings. The van der Waals surface area contributed by atoms with Gasteiger partial charge in [0.15, 0.2) is 0 Å². The number of nitrogens with one attached hydrogen (secondary N) is 2. The van der Waals surface area contributed by atoms with Gasteiger partial charge in [0.2, 0.25) is 6.41 Å². The number of aryl methyl sites for hydroxylation is 1. The minimum absolute atomic E-state index is 0.135. The zero-order chi connectivity index (χ0) is 25.0. The maximum atomic E-state index is 10.8. The summed E-state index contributed by atoms with van der Waals surface area (Å²) < 4.78 is 0. The molecule has 3 rings (SSSR count). The highest BCUT2D eigenvalue weighted by molar-refractivity contribution is 6.32. The number of benzene rings is 2. The molecular formula is C28H40ClN3O3. The van der Waals surface area contributed by atoms with Crippen molar-refractivity contribution in [1.29, 1.82) is 0 Å². The van der Waals surface area contributed by atoms with Crippen LogP contribution in [0.25, 0.3) is 0 Å². The normalized spacial score (nSPS) is 15.2. The Morgan fingerprint density at radius 1 is 1.03 bits per heavy atom. The number of carbonyl (C=O) groups is 1. The van der Waals surface area contributed by atoms with Gasteiger partial charge in [-0.25, -0.2) is 0 Å². The van der Waals surface area contributed by atoms with Crippen LogP contribution in [-0.2, 0) is 24.1 Å². The van der Waals surface area contributed by atoms with E-state index >= 15 is 0 Å². The van der Waals surface area contributed by atoms with Crippen molar-refractivity contribution in [3.8, 4) is 11.5 Å². The van der Waals surface area contributed by atoms with Crippen molar-refractivity contribution in [2.75, 3.05) is 31.5 Å². The van der Waals surface area contributed by atoms with Crippen molar-refractivity contribution in [3.63, 3.8) is 0 Å². The first kappa shape index (κ1) is 27.3. The second-order valence-corrected chi connectivity index (χ2v) is 9.94. The van der Waals surface area contributed by atoms with Gasteiger partial charge in [-0.3, -0.25) is 4.79 Å². The molecule has 6 nitrogen and oxygen atoms in total. The first-order chi connectivity index (χ1) is 17.0. The van der Waals surface area contributed by atoms with Gasteiger partial charge in [-0.1, -0.05) is 37.4 Å². The van der Waals surface area contributed by atoms with Gasteiger partial charge >= 0.3 is 0 Å². The highest BCUT2D eigenvalue weighted by atomic mass is 35.5. The van der Waals surface area contributed by atoms with Crippen LogP contribution in [0.2, 0.25) is 5.02 Å². The van der Waals surface area contributed by atoms with Crippen molar-refractivity contribution in [2.45, 2.75) is 70.8 Å². The zero-order valence-corrected chi connectivity index (χ0v) is 21.6. The van der Waals surface area contributed by atoms with Gasteiger partial charge in [0, 0.05) is 6.04 Å². The monoisotopic (exact) mass is 501 g/mol. The van der Waals surface area contributed by atoms with E-state index in [2.05, 4.69) is 22.5 Å². The molecule has 4 N–H and O–H groups in total. The van der Waals surface area contributed by atoms with E-state index in [1.165, 1.54) is 36.8 Å². The number of halogens is 1. The summed E-state index contributed by atoms with van der Waals surface area (Å²) in [6.07, 6.45) is 10.6. The summed E-state index contributed by atoms with van der Waals surface area (Å²) in [5.41, 5.74) is 4.08. The van der Waals surface area contributed by atoms with Crippen molar-refractivity contribution in [3.05, 3.63) is 52.0 Å². The van der Waals surface area contributed by atoms with Crippen LogP contribution in [0.4, 0.5) is 5.69 Å². The maximum absolute atomic E-state index is 10.8. The van der Waals surface area contributed by atoms with Crippen LogP contribution in [-0.4, -0.2) is 53.7 Å². The number of anilines is 1. The zero-order valence-electron chi connectivity index (χ0n) is 20.9. The largest absolute Gasteiger partial charge is 0.506 e. The van der Waals surface area contributed by atoms with E-state index in [0.717, 1.165) is 63.8 Å². The summed E-state index contributed by atoms with van der Waals surface area (Å²) in [7, 11) is 0. The minimum atomic E-state index is 0.135. The van der Waals surface area contributed by atoms with Crippen LogP contribution < -0.4 is 10.6 Å². The second kappa shape index (κ2) is 14.3. The van der Waals surface area contributed by atoms with E-state index in [0.29, 0.717) is 23.2 Å². The Morgan fingerprint density at radius 3 is 2.63 bits per heavy atom. The van der Waals surface area contributed by atoms with E-state index in [1.54, 1.807) is 6.07 Å². The van der Waals surface area contributed by atoms with Crippen molar-refractivity contribution >= 4 is 23.7 Å². The Labute approximate surface area is 214 Å². The number of fused-ring (bicyclic) bond motifs is 1. The van der Waals surface area contributed by atoms with E-state index in [-0.39, 0.29) is 11.5 Å².